The van der Waals surface area contributed by atoms with Crippen molar-refractivity contribution in [3.05, 3.63) is 24.4 Å². The van der Waals surface area contributed by atoms with Crippen molar-refractivity contribution < 1.29 is 9.53 Å². The number of nitrogens with zero attached hydrogens (tertiary/aromatic N) is 2. The molecule has 2 rings (SSSR count). The molecule has 1 aromatic heterocycles. The Hall–Kier alpha value is -1.58. The molecule has 1 aliphatic heterocycles. The predicted molar refractivity (Wildman–Crippen MR) is 61.1 cm³/mol. The van der Waals surface area contributed by atoms with E-state index in [-0.39, 0.29) is 11.9 Å². The normalized spacial score (nSPS) is 24.5. The van der Waals surface area contributed by atoms with Crippen molar-refractivity contribution in [3.8, 4) is 0 Å². The van der Waals surface area contributed by atoms with Crippen molar-refractivity contribution in [1.29, 1.82) is 0 Å². The molecule has 0 bridgehead atoms. The van der Waals surface area contributed by atoms with E-state index in [1.54, 1.807) is 6.20 Å². The zero-order chi connectivity index (χ0) is 11.5. The molecule has 0 aliphatic carbocycles. The topological polar surface area (TPSA) is 42.4 Å². The Morgan fingerprint density at radius 1 is 1.50 bits per heavy atom. The Bertz CT molecular complexity index is 367. The monoisotopic (exact) mass is 220 g/mol. The van der Waals surface area contributed by atoms with E-state index in [1.807, 2.05) is 18.2 Å². The molecule has 0 spiro atoms. The molecule has 1 saturated heterocycles. The Morgan fingerprint density at radius 2 is 2.31 bits per heavy atom. The van der Waals surface area contributed by atoms with Crippen LogP contribution >= 0.6 is 0 Å². The van der Waals surface area contributed by atoms with Crippen LogP contribution < -0.4 is 4.90 Å². The summed E-state index contributed by atoms with van der Waals surface area (Å²) in [6.45, 7) is 3.63. The van der Waals surface area contributed by atoms with Crippen molar-refractivity contribution in [2.45, 2.75) is 6.92 Å². The van der Waals surface area contributed by atoms with Crippen LogP contribution in [0, 0.1) is 11.8 Å². The Labute approximate surface area is 95.2 Å². The summed E-state index contributed by atoms with van der Waals surface area (Å²) in [6, 6.07) is 5.81. The van der Waals surface area contributed by atoms with Crippen molar-refractivity contribution >= 4 is 11.8 Å². The number of carbonyl (C=O) groups excluding carboxylic acids is 1. The van der Waals surface area contributed by atoms with Gasteiger partial charge in [0.25, 0.3) is 0 Å². The second-order valence-corrected chi connectivity index (χ2v) is 4.20. The molecule has 86 valence electrons. The molecular weight excluding hydrogens is 204 g/mol. The van der Waals surface area contributed by atoms with Gasteiger partial charge in [0.2, 0.25) is 0 Å². The summed E-state index contributed by atoms with van der Waals surface area (Å²) in [5, 5.41) is 0. The maximum atomic E-state index is 11.5. The average molecular weight is 220 g/mol. The molecule has 2 heterocycles. The fourth-order valence-corrected chi connectivity index (χ4v) is 2.15. The number of hydrogen-bond donors (Lipinski definition) is 0. The van der Waals surface area contributed by atoms with E-state index in [4.69, 9.17) is 4.74 Å². The summed E-state index contributed by atoms with van der Waals surface area (Å²) < 4.78 is 4.80. The lowest BCUT2D eigenvalue weighted by atomic mass is 9.99. The lowest BCUT2D eigenvalue weighted by Crippen LogP contribution is -2.24. The molecule has 4 heteroatoms. The molecule has 4 nitrogen and oxygen atoms in total. The minimum Gasteiger partial charge on any atom is -0.469 e. The SMILES string of the molecule is COC(=O)C1CN(c2ccccn2)CC1C. The third-order valence-corrected chi connectivity index (χ3v) is 3.09. The van der Waals surface area contributed by atoms with Crippen LogP contribution in [0.25, 0.3) is 0 Å². The number of methoxy groups -OCH3 is 1. The predicted octanol–water partition coefficient (Wildman–Crippen LogP) is 1.33. The van der Waals surface area contributed by atoms with Gasteiger partial charge >= 0.3 is 5.97 Å². The van der Waals surface area contributed by atoms with Crippen molar-refractivity contribution in [1.82, 2.24) is 4.98 Å². The summed E-state index contributed by atoms with van der Waals surface area (Å²) >= 11 is 0. The van der Waals surface area contributed by atoms with Gasteiger partial charge in [-0.1, -0.05) is 13.0 Å². The number of anilines is 1. The van der Waals surface area contributed by atoms with E-state index >= 15 is 0 Å². The van der Waals surface area contributed by atoms with E-state index in [1.165, 1.54) is 7.11 Å². The largest absolute Gasteiger partial charge is 0.469 e. The smallest absolute Gasteiger partial charge is 0.310 e. The van der Waals surface area contributed by atoms with Gasteiger partial charge in [-0.15, -0.1) is 0 Å². The van der Waals surface area contributed by atoms with Gasteiger partial charge < -0.3 is 9.64 Å². The summed E-state index contributed by atoms with van der Waals surface area (Å²) in [5.74, 6) is 1.09. The first-order valence-electron chi connectivity index (χ1n) is 5.46. The molecule has 0 amide bonds. The number of esters is 1. The van der Waals surface area contributed by atoms with Crippen LogP contribution in [-0.4, -0.2) is 31.2 Å². The first kappa shape index (κ1) is 10.9. The Morgan fingerprint density at radius 3 is 2.94 bits per heavy atom. The summed E-state index contributed by atoms with van der Waals surface area (Å²) in [5.41, 5.74) is 0. The van der Waals surface area contributed by atoms with Gasteiger partial charge in [-0.05, 0) is 18.1 Å². The second kappa shape index (κ2) is 4.51. The molecule has 0 N–H and O–H groups in total. The number of hydrogen-bond acceptors (Lipinski definition) is 4. The molecule has 2 atom stereocenters. The molecule has 1 fully saturated rings. The zero-order valence-electron chi connectivity index (χ0n) is 9.59. The average Bonchev–Trinajstić information content (AvgIpc) is 2.71. The van der Waals surface area contributed by atoms with Gasteiger partial charge in [-0.3, -0.25) is 4.79 Å². The highest BCUT2D eigenvalue weighted by Crippen LogP contribution is 2.27. The van der Waals surface area contributed by atoms with Gasteiger partial charge in [-0.25, -0.2) is 4.98 Å². The third-order valence-electron chi connectivity index (χ3n) is 3.09. The molecule has 2 unspecified atom stereocenters. The van der Waals surface area contributed by atoms with Crippen LogP contribution in [-0.2, 0) is 9.53 Å². The van der Waals surface area contributed by atoms with Gasteiger partial charge in [0.1, 0.15) is 5.82 Å². The highest BCUT2D eigenvalue weighted by Gasteiger charge is 2.35. The van der Waals surface area contributed by atoms with E-state index in [0.29, 0.717) is 12.5 Å². The summed E-state index contributed by atoms with van der Waals surface area (Å²) in [7, 11) is 1.44. The summed E-state index contributed by atoms with van der Waals surface area (Å²) in [4.78, 5) is 18.0. The minimum absolute atomic E-state index is 0.0352. The first-order chi connectivity index (χ1) is 7.72. The van der Waals surface area contributed by atoms with Crippen molar-refractivity contribution in [2.75, 3.05) is 25.1 Å². The van der Waals surface area contributed by atoms with Crippen LogP contribution in [0.3, 0.4) is 0 Å². The van der Waals surface area contributed by atoms with Gasteiger partial charge in [0.15, 0.2) is 0 Å². The molecule has 0 saturated carbocycles. The summed E-state index contributed by atoms with van der Waals surface area (Å²) in [6.07, 6.45) is 1.77. The molecule has 0 aromatic carbocycles. The highest BCUT2D eigenvalue weighted by molar-refractivity contribution is 5.74. The second-order valence-electron chi connectivity index (χ2n) is 4.20. The minimum atomic E-state index is -0.120. The number of aromatic nitrogens is 1. The molecular formula is C12H16N2O2. The van der Waals surface area contributed by atoms with Crippen LogP contribution in [0.15, 0.2) is 24.4 Å². The fraction of sp³-hybridized carbons (Fsp3) is 0.500. The first-order valence-corrected chi connectivity index (χ1v) is 5.46. The van der Waals surface area contributed by atoms with Crippen molar-refractivity contribution in [3.63, 3.8) is 0 Å². The Kier molecular flexibility index (Phi) is 3.08. The number of ether oxygens (including phenoxy) is 1. The molecule has 0 radical (unpaired) electrons. The fourth-order valence-electron chi connectivity index (χ4n) is 2.15. The highest BCUT2D eigenvalue weighted by atomic mass is 16.5. The van der Waals surface area contributed by atoms with Gasteiger partial charge in [0, 0.05) is 19.3 Å². The van der Waals surface area contributed by atoms with Crippen molar-refractivity contribution in [2.24, 2.45) is 11.8 Å². The number of rotatable bonds is 2. The standard InChI is InChI=1S/C12H16N2O2/c1-9-7-14(8-10(9)12(15)16-2)11-5-3-4-6-13-11/h3-6,9-10H,7-8H2,1-2H3. The van der Waals surface area contributed by atoms with Gasteiger partial charge in [-0.2, -0.15) is 0 Å². The lowest BCUT2D eigenvalue weighted by molar-refractivity contribution is -0.145. The third kappa shape index (κ3) is 2.01. The quantitative estimate of drug-likeness (QED) is 0.705. The molecule has 16 heavy (non-hydrogen) atoms. The maximum absolute atomic E-state index is 11.5. The maximum Gasteiger partial charge on any atom is 0.310 e. The number of carbonyl (C=O) groups is 1. The van der Waals surface area contributed by atoms with Gasteiger partial charge in [0.05, 0.1) is 13.0 Å². The number of pyridine rings is 1. The Balaban J connectivity index is 2.10. The van der Waals surface area contributed by atoms with Crippen LogP contribution in [0.4, 0.5) is 5.82 Å². The van der Waals surface area contributed by atoms with E-state index in [2.05, 4.69) is 16.8 Å². The molecule has 1 aliphatic rings. The van der Waals surface area contributed by atoms with E-state index in [9.17, 15) is 4.79 Å². The van der Waals surface area contributed by atoms with E-state index < -0.39 is 0 Å². The van der Waals surface area contributed by atoms with E-state index in [0.717, 1.165) is 12.4 Å². The zero-order valence-corrected chi connectivity index (χ0v) is 9.59. The van der Waals surface area contributed by atoms with Crippen LogP contribution in [0.5, 0.6) is 0 Å². The lowest BCUT2D eigenvalue weighted by Gasteiger charge is -2.16. The van der Waals surface area contributed by atoms with Crippen LogP contribution in [0.2, 0.25) is 0 Å². The van der Waals surface area contributed by atoms with Crippen LogP contribution in [0.1, 0.15) is 6.92 Å². The molecule has 1 aromatic rings.